The maximum absolute atomic E-state index is 13.7. The largest absolute Gasteiger partial charge is 0.352 e. The van der Waals surface area contributed by atoms with E-state index in [9.17, 15) is 9.18 Å². The fourth-order valence-corrected chi connectivity index (χ4v) is 2.60. The molecule has 0 aliphatic heterocycles. The molecule has 1 aromatic carbocycles. The van der Waals surface area contributed by atoms with Crippen LogP contribution in [0.25, 0.3) is 0 Å². The number of carbonyl (C=O) groups is 1. The van der Waals surface area contributed by atoms with E-state index in [0.717, 1.165) is 18.4 Å². The molecule has 0 bridgehead atoms. The molecule has 0 saturated heterocycles. The highest BCUT2D eigenvalue weighted by atomic mass is 19.1. The van der Waals surface area contributed by atoms with Gasteiger partial charge in [0.25, 0.3) is 0 Å². The Hall–Kier alpha value is -1.42. The number of benzene rings is 1. The first-order valence-corrected chi connectivity index (χ1v) is 6.93. The minimum Gasteiger partial charge on any atom is -0.352 e. The van der Waals surface area contributed by atoms with Crippen LogP contribution in [-0.4, -0.2) is 5.91 Å². The van der Waals surface area contributed by atoms with Gasteiger partial charge in [-0.1, -0.05) is 25.0 Å². The van der Waals surface area contributed by atoms with Crippen molar-refractivity contribution in [1.29, 1.82) is 0 Å². The standard InChI is InChI=1S/C15H21FN2O/c16-14-7-12(9-17)5-6-13(14)10-18-15(19)8-11-3-1-2-4-11/h5-7,11H,1-4,8-10,17H2,(H,18,19). The van der Waals surface area contributed by atoms with Crippen molar-refractivity contribution in [3.63, 3.8) is 0 Å². The van der Waals surface area contributed by atoms with Gasteiger partial charge in [-0.3, -0.25) is 4.79 Å². The number of amides is 1. The van der Waals surface area contributed by atoms with Crippen LogP contribution < -0.4 is 11.1 Å². The molecule has 19 heavy (non-hydrogen) atoms. The maximum Gasteiger partial charge on any atom is 0.220 e. The Kier molecular flexibility index (Phi) is 4.91. The predicted octanol–water partition coefficient (Wildman–Crippen LogP) is 2.48. The molecule has 1 saturated carbocycles. The minimum atomic E-state index is -0.302. The van der Waals surface area contributed by atoms with Crippen molar-refractivity contribution < 1.29 is 9.18 Å². The Labute approximate surface area is 113 Å². The number of rotatable bonds is 5. The van der Waals surface area contributed by atoms with Gasteiger partial charge in [-0.25, -0.2) is 4.39 Å². The third-order valence-electron chi connectivity index (χ3n) is 3.78. The Morgan fingerprint density at radius 3 is 2.74 bits per heavy atom. The normalized spacial score (nSPS) is 15.7. The number of nitrogens with two attached hydrogens (primary N) is 1. The van der Waals surface area contributed by atoms with Gasteiger partial charge < -0.3 is 11.1 Å². The average Bonchev–Trinajstić information content (AvgIpc) is 2.90. The van der Waals surface area contributed by atoms with E-state index >= 15 is 0 Å². The zero-order valence-electron chi connectivity index (χ0n) is 11.1. The van der Waals surface area contributed by atoms with Crippen LogP contribution >= 0.6 is 0 Å². The Bertz CT molecular complexity index is 442. The quantitative estimate of drug-likeness (QED) is 0.858. The lowest BCUT2D eigenvalue weighted by atomic mass is 10.0. The summed E-state index contributed by atoms with van der Waals surface area (Å²) in [6.07, 6.45) is 5.32. The molecule has 0 aromatic heterocycles. The van der Waals surface area contributed by atoms with Crippen molar-refractivity contribution in [2.24, 2.45) is 11.7 Å². The molecule has 1 fully saturated rings. The Morgan fingerprint density at radius 1 is 1.37 bits per heavy atom. The molecule has 0 heterocycles. The van der Waals surface area contributed by atoms with Crippen molar-refractivity contribution in [2.45, 2.75) is 45.2 Å². The van der Waals surface area contributed by atoms with E-state index in [1.807, 2.05) is 0 Å². The monoisotopic (exact) mass is 264 g/mol. The highest BCUT2D eigenvalue weighted by molar-refractivity contribution is 5.76. The lowest BCUT2D eigenvalue weighted by molar-refractivity contribution is -0.122. The maximum atomic E-state index is 13.7. The molecule has 0 atom stereocenters. The number of nitrogens with one attached hydrogen (secondary N) is 1. The van der Waals surface area contributed by atoms with E-state index in [0.29, 0.717) is 24.4 Å². The van der Waals surface area contributed by atoms with E-state index in [1.54, 1.807) is 12.1 Å². The highest BCUT2D eigenvalue weighted by Crippen LogP contribution is 2.27. The van der Waals surface area contributed by atoms with Gasteiger partial charge >= 0.3 is 0 Å². The third kappa shape index (κ3) is 4.03. The molecule has 104 valence electrons. The molecule has 0 spiro atoms. The Balaban J connectivity index is 1.82. The lowest BCUT2D eigenvalue weighted by Gasteiger charge is -2.10. The van der Waals surface area contributed by atoms with Crippen LogP contribution in [0.5, 0.6) is 0 Å². The van der Waals surface area contributed by atoms with Gasteiger partial charge in [0.05, 0.1) is 0 Å². The van der Waals surface area contributed by atoms with Gasteiger partial charge in [0.1, 0.15) is 5.82 Å². The van der Waals surface area contributed by atoms with Crippen molar-refractivity contribution in [3.05, 3.63) is 35.1 Å². The molecule has 3 nitrogen and oxygen atoms in total. The molecular formula is C15H21FN2O. The van der Waals surface area contributed by atoms with Gasteiger partial charge in [-0.15, -0.1) is 0 Å². The summed E-state index contributed by atoms with van der Waals surface area (Å²) in [5.41, 5.74) is 6.72. The zero-order valence-corrected chi connectivity index (χ0v) is 11.1. The number of hydrogen-bond donors (Lipinski definition) is 2. The first-order valence-electron chi connectivity index (χ1n) is 6.93. The molecule has 1 aliphatic carbocycles. The van der Waals surface area contributed by atoms with Crippen molar-refractivity contribution in [3.8, 4) is 0 Å². The zero-order chi connectivity index (χ0) is 13.7. The fraction of sp³-hybridized carbons (Fsp3) is 0.533. The number of hydrogen-bond acceptors (Lipinski definition) is 2. The second kappa shape index (κ2) is 6.66. The summed E-state index contributed by atoms with van der Waals surface area (Å²) in [7, 11) is 0. The second-order valence-electron chi connectivity index (χ2n) is 5.26. The van der Waals surface area contributed by atoms with Gasteiger partial charge in [0, 0.05) is 25.1 Å². The van der Waals surface area contributed by atoms with Gasteiger partial charge in [0.2, 0.25) is 5.91 Å². The van der Waals surface area contributed by atoms with Crippen molar-refractivity contribution in [2.75, 3.05) is 0 Å². The summed E-state index contributed by atoms with van der Waals surface area (Å²) < 4.78 is 13.7. The number of carbonyl (C=O) groups excluding carboxylic acids is 1. The Morgan fingerprint density at radius 2 is 2.11 bits per heavy atom. The van der Waals surface area contributed by atoms with Crippen LogP contribution in [0.2, 0.25) is 0 Å². The van der Waals surface area contributed by atoms with E-state index in [2.05, 4.69) is 5.32 Å². The van der Waals surface area contributed by atoms with Crippen LogP contribution in [0.3, 0.4) is 0 Å². The molecule has 0 unspecified atom stereocenters. The molecule has 1 aliphatic rings. The summed E-state index contributed by atoms with van der Waals surface area (Å²) in [6, 6.07) is 4.91. The molecule has 4 heteroatoms. The lowest BCUT2D eigenvalue weighted by Crippen LogP contribution is -2.25. The third-order valence-corrected chi connectivity index (χ3v) is 3.78. The average molecular weight is 264 g/mol. The summed E-state index contributed by atoms with van der Waals surface area (Å²) in [5.74, 6) is 0.239. The molecule has 1 aromatic rings. The first kappa shape index (κ1) is 14.0. The van der Waals surface area contributed by atoms with E-state index in [4.69, 9.17) is 5.73 Å². The van der Waals surface area contributed by atoms with Crippen LogP contribution in [0.15, 0.2) is 18.2 Å². The van der Waals surface area contributed by atoms with Crippen LogP contribution in [0.4, 0.5) is 4.39 Å². The van der Waals surface area contributed by atoms with Crippen LogP contribution in [0.1, 0.15) is 43.2 Å². The highest BCUT2D eigenvalue weighted by Gasteiger charge is 2.18. The molecular weight excluding hydrogens is 243 g/mol. The smallest absolute Gasteiger partial charge is 0.220 e. The van der Waals surface area contributed by atoms with Crippen LogP contribution in [0, 0.1) is 11.7 Å². The minimum absolute atomic E-state index is 0.0224. The van der Waals surface area contributed by atoms with E-state index < -0.39 is 0 Å². The topological polar surface area (TPSA) is 55.1 Å². The summed E-state index contributed by atoms with van der Waals surface area (Å²) in [6.45, 7) is 0.577. The summed E-state index contributed by atoms with van der Waals surface area (Å²) >= 11 is 0. The van der Waals surface area contributed by atoms with Gasteiger partial charge in [-0.05, 0) is 30.4 Å². The van der Waals surface area contributed by atoms with Gasteiger partial charge in [0.15, 0.2) is 0 Å². The van der Waals surface area contributed by atoms with E-state index in [1.165, 1.54) is 18.9 Å². The molecule has 0 radical (unpaired) electrons. The second-order valence-corrected chi connectivity index (χ2v) is 5.26. The van der Waals surface area contributed by atoms with E-state index in [-0.39, 0.29) is 18.3 Å². The molecule has 3 N–H and O–H groups in total. The summed E-state index contributed by atoms with van der Waals surface area (Å²) in [4.78, 5) is 11.8. The SMILES string of the molecule is NCc1ccc(CNC(=O)CC2CCCC2)c(F)c1. The van der Waals surface area contributed by atoms with Gasteiger partial charge in [-0.2, -0.15) is 0 Å². The summed E-state index contributed by atoms with van der Waals surface area (Å²) in [5, 5.41) is 2.79. The fourth-order valence-electron chi connectivity index (χ4n) is 2.60. The van der Waals surface area contributed by atoms with Crippen LogP contribution in [-0.2, 0) is 17.9 Å². The molecule has 2 rings (SSSR count). The number of halogens is 1. The first-order chi connectivity index (χ1) is 9.19. The van der Waals surface area contributed by atoms with Crippen molar-refractivity contribution in [1.82, 2.24) is 5.32 Å². The predicted molar refractivity (Wildman–Crippen MR) is 72.7 cm³/mol. The van der Waals surface area contributed by atoms with Crippen molar-refractivity contribution >= 4 is 5.91 Å². The molecule has 1 amide bonds.